The predicted octanol–water partition coefficient (Wildman–Crippen LogP) is 4.16. The molecule has 0 fully saturated rings. The van der Waals surface area contributed by atoms with Crippen LogP contribution in [0, 0.1) is 5.82 Å². The number of halogens is 1. The number of nitrogens with one attached hydrogen (secondary N) is 1. The molecule has 0 spiro atoms. The summed E-state index contributed by atoms with van der Waals surface area (Å²) in [5.41, 5.74) is 1.43. The van der Waals surface area contributed by atoms with E-state index in [-0.39, 0.29) is 18.3 Å². The number of hydrogen-bond donors (Lipinski definition) is 1. The second-order valence-electron chi connectivity index (χ2n) is 6.98. The summed E-state index contributed by atoms with van der Waals surface area (Å²) in [6.45, 7) is 0.511. The number of anilines is 1. The highest BCUT2D eigenvalue weighted by molar-refractivity contribution is 6.07. The van der Waals surface area contributed by atoms with Crippen molar-refractivity contribution in [1.82, 2.24) is 4.90 Å². The SMILES string of the molecule is CN(CC(=O)Nc1ccc(F)cc1)Cc1cc(=O)oc2ccc3ccccc3c12. The number of rotatable bonds is 5. The molecule has 29 heavy (non-hydrogen) atoms. The zero-order valence-corrected chi connectivity index (χ0v) is 15.8. The molecule has 0 aliphatic heterocycles. The largest absolute Gasteiger partial charge is 0.423 e. The molecule has 0 aliphatic carbocycles. The maximum Gasteiger partial charge on any atom is 0.336 e. The van der Waals surface area contributed by atoms with Gasteiger partial charge < -0.3 is 9.73 Å². The summed E-state index contributed by atoms with van der Waals surface area (Å²) in [5.74, 6) is -0.585. The van der Waals surface area contributed by atoms with Crippen LogP contribution in [0.4, 0.5) is 10.1 Å². The average Bonchev–Trinajstić information content (AvgIpc) is 2.69. The Hall–Kier alpha value is -3.51. The Balaban J connectivity index is 1.58. The zero-order valence-electron chi connectivity index (χ0n) is 15.8. The van der Waals surface area contributed by atoms with Gasteiger partial charge in [-0.3, -0.25) is 9.69 Å². The van der Waals surface area contributed by atoms with Gasteiger partial charge in [0, 0.05) is 23.7 Å². The van der Waals surface area contributed by atoms with E-state index < -0.39 is 5.63 Å². The van der Waals surface area contributed by atoms with E-state index in [0.717, 1.165) is 21.7 Å². The second-order valence-corrected chi connectivity index (χ2v) is 6.98. The molecule has 6 heteroatoms. The van der Waals surface area contributed by atoms with Gasteiger partial charge >= 0.3 is 5.63 Å². The summed E-state index contributed by atoms with van der Waals surface area (Å²) in [7, 11) is 1.80. The maximum absolute atomic E-state index is 13.0. The molecular weight excluding hydrogens is 371 g/mol. The van der Waals surface area contributed by atoms with E-state index in [1.165, 1.54) is 30.3 Å². The van der Waals surface area contributed by atoms with E-state index in [4.69, 9.17) is 4.42 Å². The molecule has 0 saturated heterocycles. The van der Waals surface area contributed by atoms with Crippen LogP contribution in [0.5, 0.6) is 0 Å². The maximum atomic E-state index is 13.0. The van der Waals surface area contributed by atoms with Crippen molar-refractivity contribution >= 4 is 33.3 Å². The molecule has 1 amide bonds. The molecular formula is C23H19FN2O3. The Labute approximate surface area is 166 Å². The highest BCUT2D eigenvalue weighted by Gasteiger charge is 2.13. The predicted molar refractivity (Wildman–Crippen MR) is 111 cm³/mol. The van der Waals surface area contributed by atoms with Crippen molar-refractivity contribution in [2.24, 2.45) is 0 Å². The molecule has 4 rings (SSSR count). The van der Waals surface area contributed by atoms with Gasteiger partial charge in [-0.15, -0.1) is 0 Å². The van der Waals surface area contributed by atoms with Gasteiger partial charge in [0.05, 0.1) is 6.54 Å². The molecule has 0 bridgehead atoms. The third-order valence-electron chi connectivity index (χ3n) is 4.70. The van der Waals surface area contributed by atoms with Gasteiger partial charge in [-0.2, -0.15) is 0 Å². The fourth-order valence-corrected chi connectivity index (χ4v) is 3.47. The molecule has 0 saturated carbocycles. The van der Waals surface area contributed by atoms with E-state index in [0.29, 0.717) is 17.8 Å². The molecule has 5 nitrogen and oxygen atoms in total. The lowest BCUT2D eigenvalue weighted by Gasteiger charge is -2.18. The van der Waals surface area contributed by atoms with E-state index in [1.807, 2.05) is 35.2 Å². The first-order valence-electron chi connectivity index (χ1n) is 9.18. The summed E-state index contributed by atoms with van der Waals surface area (Å²) < 4.78 is 18.4. The monoisotopic (exact) mass is 390 g/mol. The van der Waals surface area contributed by atoms with Gasteiger partial charge in [0.15, 0.2) is 0 Å². The molecule has 1 heterocycles. The number of nitrogens with zero attached hydrogens (tertiary/aromatic N) is 1. The number of likely N-dealkylation sites (N-methyl/N-ethyl adjacent to an activating group) is 1. The fraction of sp³-hybridized carbons (Fsp3) is 0.130. The van der Waals surface area contributed by atoms with E-state index in [9.17, 15) is 14.0 Å². The Morgan fingerprint density at radius 3 is 2.62 bits per heavy atom. The summed E-state index contributed by atoms with van der Waals surface area (Å²) in [6, 6.07) is 18.7. The minimum absolute atomic E-state index is 0.115. The third-order valence-corrected chi connectivity index (χ3v) is 4.70. The fourth-order valence-electron chi connectivity index (χ4n) is 3.47. The lowest BCUT2D eigenvalue weighted by molar-refractivity contribution is -0.117. The molecule has 146 valence electrons. The van der Waals surface area contributed by atoms with Gasteiger partial charge in [-0.05, 0) is 53.7 Å². The molecule has 0 unspecified atom stereocenters. The van der Waals surface area contributed by atoms with Crippen molar-refractivity contribution in [3.63, 3.8) is 0 Å². The Bertz CT molecular complexity index is 1250. The minimum Gasteiger partial charge on any atom is -0.423 e. The normalized spacial score (nSPS) is 11.3. The highest BCUT2D eigenvalue weighted by Crippen LogP contribution is 2.27. The van der Waals surface area contributed by atoms with E-state index in [2.05, 4.69) is 5.32 Å². The third kappa shape index (κ3) is 4.17. The Kier molecular flexibility index (Phi) is 5.10. The molecule has 1 N–H and O–H groups in total. The van der Waals surface area contributed by atoms with Crippen molar-refractivity contribution < 1.29 is 13.6 Å². The summed E-state index contributed by atoms with van der Waals surface area (Å²) in [5, 5.41) is 5.65. The molecule has 0 atom stereocenters. The van der Waals surface area contributed by atoms with Crippen LogP contribution in [0.3, 0.4) is 0 Å². The average molecular weight is 390 g/mol. The summed E-state index contributed by atoms with van der Waals surface area (Å²) >= 11 is 0. The molecule has 3 aromatic carbocycles. The van der Waals surface area contributed by atoms with Gasteiger partial charge in [0.25, 0.3) is 0 Å². The smallest absolute Gasteiger partial charge is 0.336 e. The first kappa shape index (κ1) is 18.8. The van der Waals surface area contributed by atoms with Crippen LogP contribution >= 0.6 is 0 Å². The Morgan fingerprint density at radius 2 is 1.83 bits per heavy atom. The highest BCUT2D eigenvalue weighted by atomic mass is 19.1. The van der Waals surface area contributed by atoms with E-state index >= 15 is 0 Å². The number of amides is 1. The van der Waals surface area contributed by atoms with Crippen LogP contribution in [-0.4, -0.2) is 24.4 Å². The standard InChI is InChI=1S/C23H19FN2O3/c1-26(14-21(27)25-18-9-7-17(24)8-10-18)13-16-12-22(28)29-20-11-6-15-4-2-3-5-19(15)23(16)20/h2-12H,13-14H2,1H3,(H,25,27). The number of fused-ring (bicyclic) bond motifs is 3. The van der Waals surface area contributed by atoms with Gasteiger partial charge in [-0.25, -0.2) is 9.18 Å². The zero-order chi connectivity index (χ0) is 20.4. The minimum atomic E-state index is -0.424. The summed E-state index contributed by atoms with van der Waals surface area (Å²) in [4.78, 5) is 26.1. The van der Waals surface area contributed by atoms with Crippen molar-refractivity contribution in [3.8, 4) is 0 Å². The number of hydrogen-bond acceptors (Lipinski definition) is 4. The Morgan fingerprint density at radius 1 is 1.07 bits per heavy atom. The van der Waals surface area contributed by atoms with Crippen LogP contribution in [0.2, 0.25) is 0 Å². The number of carbonyl (C=O) groups excluding carboxylic acids is 1. The van der Waals surface area contributed by atoms with E-state index in [1.54, 1.807) is 13.1 Å². The first-order chi connectivity index (χ1) is 14.0. The summed E-state index contributed by atoms with van der Waals surface area (Å²) in [6.07, 6.45) is 0. The van der Waals surface area contributed by atoms with Crippen LogP contribution in [0.25, 0.3) is 21.7 Å². The molecule has 1 aromatic heterocycles. The molecule has 4 aromatic rings. The number of benzene rings is 3. The van der Waals surface area contributed by atoms with Crippen molar-refractivity contribution in [2.75, 3.05) is 18.9 Å². The lowest BCUT2D eigenvalue weighted by atomic mass is 10.0. The molecule has 0 radical (unpaired) electrons. The number of carbonyl (C=O) groups is 1. The molecule has 0 aliphatic rings. The van der Waals surface area contributed by atoms with Crippen LogP contribution < -0.4 is 10.9 Å². The van der Waals surface area contributed by atoms with Crippen molar-refractivity contribution in [3.05, 3.63) is 88.5 Å². The van der Waals surface area contributed by atoms with Gasteiger partial charge in [0.1, 0.15) is 11.4 Å². The van der Waals surface area contributed by atoms with Crippen LogP contribution in [0.1, 0.15) is 5.56 Å². The second kappa shape index (κ2) is 7.85. The lowest BCUT2D eigenvalue weighted by Crippen LogP contribution is -2.30. The van der Waals surface area contributed by atoms with Gasteiger partial charge in [0.2, 0.25) is 5.91 Å². The first-order valence-corrected chi connectivity index (χ1v) is 9.18. The topological polar surface area (TPSA) is 62.6 Å². The quantitative estimate of drug-likeness (QED) is 0.411. The van der Waals surface area contributed by atoms with Crippen LogP contribution in [0.15, 0.2) is 75.9 Å². The van der Waals surface area contributed by atoms with Crippen molar-refractivity contribution in [2.45, 2.75) is 6.54 Å². The van der Waals surface area contributed by atoms with Crippen molar-refractivity contribution in [1.29, 1.82) is 0 Å². The van der Waals surface area contributed by atoms with Gasteiger partial charge in [-0.1, -0.05) is 30.3 Å². The van der Waals surface area contributed by atoms with Crippen LogP contribution in [-0.2, 0) is 11.3 Å².